The number of halogens is 1. The van der Waals surface area contributed by atoms with Gasteiger partial charge in [-0.2, -0.15) is 0 Å². The first kappa shape index (κ1) is 13.9. The van der Waals surface area contributed by atoms with Crippen molar-refractivity contribution in [2.24, 2.45) is 0 Å². The first-order valence-electron chi connectivity index (χ1n) is 6.48. The van der Waals surface area contributed by atoms with Crippen LogP contribution in [0, 0.1) is 5.92 Å². The minimum absolute atomic E-state index is 0. The van der Waals surface area contributed by atoms with E-state index in [1.165, 1.54) is 22.6 Å². The molecule has 20 heavy (non-hydrogen) atoms. The summed E-state index contributed by atoms with van der Waals surface area (Å²) in [7, 11) is 0. The molecule has 0 atom stereocenters. The van der Waals surface area contributed by atoms with E-state index in [1.54, 1.807) is 0 Å². The predicted octanol–water partition coefficient (Wildman–Crippen LogP) is 1.71. The lowest BCUT2D eigenvalue weighted by Gasteiger charge is -2.12. The summed E-state index contributed by atoms with van der Waals surface area (Å²) in [6, 6.07) is 31.6. The van der Waals surface area contributed by atoms with Gasteiger partial charge >= 0.3 is 0 Å². The van der Waals surface area contributed by atoms with Gasteiger partial charge in [0, 0.05) is 0 Å². The van der Waals surface area contributed by atoms with Gasteiger partial charge in [-0.25, -0.2) is 0 Å². The third-order valence-electron chi connectivity index (χ3n) is 3.19. The molecule has 0 radical (unpaired) electrons. The number of hydrogen-bond donors (Lipinski definition) is 0. The molecule has 1 heteroatoms. The van der Waals surface area contributed by atoms with Crippen molar-refractivity contribution in [1.82, 2.24) is 0 Å². The molecule has 0 spiro atoms. The molecule has 0 fully saturated rings. The molecule has 0 amide bonds. The van der Waals surface area contributed by atoms with Crippen LogP contribution < -0.4 is 4.70 Å². The SMILES string of the molecule is [F-].c1ccc([C+](c2ccccc2)c2ccccc2)cc1. The second-order valence-corrected chi connectivity index (χ2v) is 4.47. The van der Waals surface area contributed by atoms with Crippen molar-refractivity contribution in [3.63, 3.8) is 0 Å². The third-order valence-corrected chi connectivity index (χ3v) is 3.19. The van der Waals surface area contributed by atoms with Crippen LogP contribution in [0.2, 0.25) is 0 Å². The average molecular weight is 262 g/mol. The van der Waals surface area contributed by atoms with E-state index in [0.29, 0.717) is 0 Å². The Kier molecular flexibility index (Phi) is 4.56. The van der Waals surface area contributed by atoms with E-state index in [4.69, 9.17) is 0 Å². The summed E-state index contributed by atoms with van der Waals surface area (Å²) in [6.45, 7) is 0. The van der Waals surface area contributed by atoms with Crippen LogP contribution in [-0.4, -0.2) is 0 Å². The zero-order chi connectivity index (χ0) is 12.9. The van der Waals surface area contributed by atoms with Gasteiger partial charge in [-0.3, -0.25) is 0 Å². The zero-order valence-electron chi connectivity index (χ0n) is 11.0. The van der Waals surface area contributed by atoms with Crippen molar-refractivity contribution in [2.45, 2.75) is 0 Å². The van der Waals surface area contributed by atoms with E-state index < -0.39 is 0 Å². The Hall–Kier alpha value is -2.54. The van der Waals surface area contributed by atoms with E-state index in [2.05, 4.69) is 91.0 Å². The highest BCUT2D eigenvalue weighted by molar-refractivity contribution is 5.56. The van der Waals surface area contributed by atoms with Crippen LogP contribution >= 0.6 is 0 Å². The summed E-state index contributed by atoms with van der Waals surface area (Å²) in [6.07, 6.45) is 0. The average Bonchev–Trinajstić information content (AvgIpc) is 2.51. The van der Waals surface area contributed by atoms with Gasteiger partial charge in [-0.1, -0.05) is 18.2 Å². The minimum atomic E-state index is 0. The highest BCUT2D eigenvalue weighted by atomic mass is 19.0. The zero-order valence-corrected chi connectivity index (χ0v) is 11.0. The summed E-state index contributed by atoms with van der Waals surface area (Å²) in [5, 5.41) is 0. The van der Waals surface area contributed by atoms with Gasteiger partial charge in [0.05, 0.1) is 22.6 Å². The van der Waals surface area contributed by atoms with E-state index in [0.717, 1.165) is 0 Å². The summed E-state index contributed by atoms with van der Waals surface area (Å²) >= 11 is 0. The highest BCUT2D eigenvalue weighted by Crippen LogP contribution is 2.30. The van der Waals surface area contributed by atoms with E-state index in [-0.39, 0.29) is 4.70 Å². The lowest BCUT2D eigenvalue weighted by atomic mass is 9.85. The molecule has 0 saturated carbocycles. The molecule has 0 saturated heterocycles. The monoisotopic (exact) mass is 262 g/mol. The summed E-state index contributed by atoms with van der Waals surface area (Å²) in [5.41, 5.74) is 3.75. The normalized spacial score (nSPS) is 9.60. The molecule has 0 heterocycles. The predicted molar refractivity (Wildman–Crippen MR) is 79.9 cm³/mol. The van der Waals surface area contributed by atoms with Crippen LogP contribution in [0.25, 0.3) is 0 Å². The number of rotatable bonds is 3. The van der Waals surface area contributed by atoms with Crippen LogP contribution in [0.4, 0.5) is 0 Å². The molecular formula is C19H15F. The number of hydrogen-bond acceptors (Lipinski definition) is 0. The van der Waals surface area contributed by atoms with Crippen molar-refractivity contribution in [2.75, 3.05) is 0 Å². The number of benzene rings is 3. The van der Waals surface area contributed by atoms with Crippen LogP contribution in [0.3, 0.4) is 0 Å². The minimum Gasteiger partial charge on any atom is -1.00 e. The Morgan fingerprint density at radius 1 is 0.400 bits per heavy atom. The first-order valence-corrected chi connectivity index (χ1v) is 6.48. The van der Waals surface area contributed by atoms with Gasteiger partial charge < -0.3 is 4.70 Å². The van der Waals surface area contributed by atoms with Crippen LogP contribution in [0.5, 0.6) is 0 Å². The molecule has 0 nitrogen and oxygen atoms in total. The van der Waals surface area contributed by atoms with Crippen molar-refractivity contribution in [1.29, 1.82) is 0 Å². The molecule has 0 aliphatic heterocycles. The molecule has 3 aromatic carbocycles. The molecule has 0 unspecified atom stereocenters. The van der Waals surface area contributed by atoms with Crippen molar-refractivity contribution in [3.05, 3.63) is 114 Å². The smallest absolute Gasteiger partial charge is 0.0631 e. The van der Waals surface area contributed by atoms with Gasteiger partial charge in [-0.05, 0) is 72.8 Å². The maximum absolute atomic E-state index is 2.16. The lowest BCUT2D eigenvalue weighted by molar-refractivity contribution is -0.00000366. The molecule has 3 rings (SSSR count). The summed E-state index contributed by atoms with van der Waals surface area (Å²) in [4.78, 5) is 0. The summed E-state index contributed by atoms with van der Waals surface area (Å²) in [5.74, 6) is 1.28. The highest BCUT2D eigenvalue weighted by Gasteiger charge is 2.21. The molecular weight excluding hydrogens is 247 g/mol. The third kappa shape index (κ3) is 2.89. The molecule has 98 valence electrons. The lowest BCUT2D eigenvalue weighted by Crippen LogP contribution is -3.00. The van der Waals surface area contributed by atoms with Gasteiger partial charge in [0.1, 0.15) is 0 Å². The molecule has 0 bridgehead atoms. The first-order chi connectivity index (χ1) is 9.45. The van der Waals surface area contributed by atoms with Crippen molar-refractivity contribution >= 4 is 0 Å². The van der Waals surface area contributed by atoms with Crippen molar-refractivity contribution in [3.8, 4) is 0 Å². The Morgan fingerprint density at radius 3 is 0.900 bits per heavy atom. The Morgan fingerprint density at radius 2 is 0.650 bits per heavy atom. The standard InChI is InChI=1S/C19H15.FH/c1-4-10-16(11-5-1)19(17-12-6-2-7-13-17)18-14-8-3-9-15-18;/h1-15H;1H/q+1;/p-1. The van der Waals surface area contributed by atoms with Gasteiger partial charge in [0.25, 0.3) is 0 Å². The molecule has 3 aromatic rings. The second-order valence-electron chi connectivity index (χ2n) is 4.47. The van der Waals surface area contributed by atoms with Gasteiger partial charge in [0.15, 0.2) is 0 Å². The van der Waals surface area contributed by atoms with E-state index in [1.807, 2.05) is 0 Å². The largest absolute Gasteiger partial charge is 1.00 e. The van der Waals surface area contributed by atoms with Gasteiger partial charge in [-0.15, -0.1) is 0 Å². The van der Waals surface area contributed by atoms with Crippen molar-refractivity contribution < 1.29 is 4.70 Å². The van der Waals surface area contributed by atoms with Crippen LogP contribution in [0.1, 0.15) is 16.7 Å². The second kappa shape index (κ2) is 6.58. The Labute approximate surface area is 119 Å². The van der Waals surface area contributed by atoms with E-state index >= 15 is 0 Å². The molecule has 0 aliphatic rings. The van der Waals surface area contributed by atoms with Gasteiger partial charge in [0.2, 0.25) is 0 Å². The summed E-state index contributed by atoms with van der Waals surface area (Å²) < 4.78 is 0. The maximum Gasteiger partial charge on any atom is 0.0631 e. The van der Waals surface area contributed by atoms with Crippen LogP contribution in [-0.2, 0) is 0 Å². The maximum atomic E-state index is 2.16. The Balaban J connectivity index is 0.00000147. The molecule has 0 aromatic heterocycles. The fraction of sp³-hybridized carbons (Fsp3) is 0. The fourth-order valence-corrected chi connectivity index (χ4v) is 2.31. The quantitative estimate of drug-likeness (QED) is 0.498. The topological polar surface area (TPSA) is 0 Å². The fourth-order valence-electron chi connectivity index (χ4n) is 2.31. The molecule has 0 N–H and O–H groups in total. The van der Waals surface area contributed by atoms with E-state index in [9.17, 15) is 0 Å². The molecule has 0 aliphatic carbocycles. The Bertz CT molecular complexity index is 524. The van der Waals surface area contributed by atoms with Crippen LogP contribution in [0.15, 0.2) is 91.0 Å².